The summed E-state index contributed by atoms with van der Waals surface area (Å²) in [7, 11) is 0. The van der Waals surface area contributed by atoms with Crippen molar-refractivity contribution in [1.29, 1.82) is 0 Å². The Labute approximate surface area is 179 Å². The van der Waals surface area contributed by atoms with E-state index in [1.165, 1.54) is 10.2 Å². The van der Waals surface area contributed by atoms with Gasteiger partial charge in [0.05, 0.1) is 6.26 Å². The molecular formula is C23H23N5O3. The molecule has 0 atom stereocenters. The Morgan fingerprint density at radius 2 is 1.97 bits per heavy atom. The van der Waals surface area contributed by atoms with Crippen LogP contribution in [0, 0.1) is 13.8 Å². The number of nitrogens with zero attached hydrogens (tertiary/aromatic N) is 3. The quantitative estimate of drug-likeness (QED) is 0.476. The van der Waals surface area contributed by atoms with Crippen LogP contribution in [0.1, 0.15) is 29.7 Å². The first kappa shape index (κ1) is 20.3. The number of anilines is 1. The van der Waals surface area contributed by atoms with Crippen molar-refractivity contribution in [3.63, 3.8) is 0 Å². The van der Waals surface area contributed by atoms with E-state index in [4.69, 9.17) is 4.42 Å². The van der Waals surface area contributed by atoms with Gasteiger partial charge in [-0.05, 0) is 44.4 Å². The molecule has 2 N–H and O–H groups in total. The molecule has 3 aromatic heterocycles. The minimum absolute atomic E-state index is 0.144. The molecule has 8 heteroatoms. The number of aryl methyl sites for hydroxylation is 2. The smallest absolute Gasteiger partial charge is 0.255 e. The fourth-order valence-electron chi connectivity index (χ4n) is 3.21. The Kier molecular flexibility index (Phi) is 5.79. The van der Waals surface area contributed by atoms with E-state index in [9.17, 15) is 9.59 Å². The summed E-state index contributed by atoms with van der Waals surface area (Å²) in [5.74, 6) is 1.03. The number of aromatic amines is 1. The lowest BCUT2D eigenvalue weighted by atomic mass is 10.1. The van der Waals surface area contributed by atoms with Gasteiger partial charge in [-0.15, -0.1) is 0 Å². The van der Waals surface area contributed by atoms with Crippen LogP contribution in [0.15, 0.2) is 64.0 Å². The lowest BCUT2D eigenvalue weighted by Crippen LogP contribution is -2.20. The maximum absolute atomic E-state index is 12.6. The first-order valence-electron chi connectivity index (χ1n) is 10.1. The van der Waals surface area contributed by atoms with Crippen molar-refractivity contribution in [3.05, 3.63) is 82.0 Å². The molecule has 0 aliphatic rings. The van der Waals surface area contributed by atoms with E-state index in [-0.39, 0.29) is 17.4 Å². The van der Waals surface area contributed by atoms with Crippen LogP contribution >= 0.6 is 0 Å². The first-order chi connectivity index (χ1) is 15.0. The van der Waals surface area contributed by atoms with Crippen molar-refractivity contribution in [2.45, 2.75) is 33.1 Å². The fourth-order valence-corrected chi connectivity index (χ4v) is 3.21. The summed E-state index contributed by atoms with van der Waals surface area (Å²) in [5, 5.41) is 7.38. The van der Waals surface area contributed by atoms with Crippen LogP contribution in [0.3, 0.4) is 0 Å². The fraction of sp³-hybridized carbons (Fsp3) is 0.217. The number of furan rings is 1. The topological polar surface area (TPSA) is 106 Å². The van der Waals surface area contributed by atoms with Gasteiger partial charge in [0.15, 0.2) is 5.76 Å². The molecule has 0 saturated heterocycles. The molecule has 0 aliphatic heterocycles. The van der Waals surface area contributed by atoms with E-state index in [0.717, 1.165) is 6.42 Å². The summed E-state index contributed by atoms with van der Waals surface area (Å²) in [6.45, 7) is 3.46. The highest BCUT2D eigenvalue weighted by Gasteiger charge is 2.17. The second kappa shape index (κ2) is 8.83. The maximum Gasteiger partial charge on any atom is 0.255 e. The van der Waals surface area contributed by atoms with Gasteiger partial charge >= 0.3 is 0 Å². The number of nitrogens with one attached hydrogen (secondary N) is 2. The van der Waals surface area contributed by atoms with Gasteiger partial charge in [0, 0.05) is 23.7 Å². The minimum atomic E-state index is -0.252. The van der Waals surface area contributed by atoms with Crippen molar-refractivity contribution in [1.82, 2.24) is 19.7 Å². The summed E-state index contributed by atoms with van der Waals surface area (Å²) >= 11 is 0. The molecule has 0 fully saturated rings. The molecule has 1 amide bonds. The second-order valence-corrected chi connectivity index (χ2v) is 7.29. The highest BCUT2D eigenvalue weighted by molar-refractivity contribution is 5.90. The lowest BCUT2D eigenvalue weighted by molar-refractivity contribution is -0.116. The van der Waals surface area contributed by atoms with Crippen molar-refractivity contribution >= 4 is 11.7 Å². The number of hydrogen-bond acceptors (Lipinski definition) is 5. The average Bonchev–Trinajstić information content (AvgIpc) is 3.42. The lowest BCUT2D eigenvalue weighted by Gasteiger charge is -2.09. The minimum Gasteiger partial charge on any atom is -0.463 e. The van der Waals surface area contributed by atoms with Crippen LogP contribution in [0.5, 0.6) is 0 Å². The maximum atomic E-state index is 12.6. The number of aromatic nitrogens is 4. The molecule has 4 aromatic rings. The van der Waals surface area contributed by atoms with Crippen LogP contribution in [0.4, 0.5) is 5.82 Å². The molecule has 158 valence electrons. The molecule has 1 aromatic carbocycles. The number of rotatable bonds is 7. The van der Waals surface area contributed by atoms with Gasteiger partial charge in [-0.3, -0.25) is 14.6 Å². The third kappa shape index (κ3) is 4.63. The van der Waals surface area contributed by atoms with E-state index >= 15 is 0 Å². The largest absolute Gasteiger partial charge is 0.463 e. The molecule has 0 bridgehead atoms. The summed E-state index contributed by atoms with van der Waals surface area (Å²) < 4.78 is 6.85. The van der Waals surface area contributed by atoms with Crippen molar-refractivity contribution in [3.8, 4) is 17.4 Å². The zero-order valence-corrected chi connectivity index (χ0v) is 17.4. The van der Waals surface area contributed by atoms with Crippen LogP contribution in [-0.4, -0.2) is 25.7 Å². The normalized spacial score (nSPS) is 10.9. The van der Waals surface area contributed by atoms with Gasteiger partial charge in [0.1, 0.15) is 11.5 Å². The predicted octanol–water partition coefficient (Wildman–Crippen LogP) is 3.79. The standard InChI is InChI=1S/C23H23N5O3/c1-15-16(2)24-23(26-22(15)30)28-20(14-18(27-28)19-11-7-13-31-19)25-21(29)12-6-10-17-8-4-3-5-9-17/h3-5,7-9,11,13-14H,6,10,12H2,1-2H3,(H,25,29)(H,24,26,30). The van der Waals surface area contributed by atoms with Crippen molar-refractivity contribution < 1.29 is 9.21 Å². The molecule has 0 saturated carbocycles. The monoisotopic (exact) mass is 417 g/mol. The molecule has 4 rings (SSSR count). The molecular weight excluding hydrogens is 394 g/mol. The van der Waals surface area contributed by atoms with Gasteiger partial charge in [-0.1, -0.05) is 30.3 Å². The van der Waals surface area contributed by atoms with E-state index < -0.39 is 0 Å². The first-order valence-corrected chi connectivity index (χ1v) is 10.1. The van der Waals surface area contributed by atoms with Crippen LogP contribution in [0.25, 0.3) is 17.4 Å². The molecule has 31 heavy (non-hydrogen) atoms. The van der Waals surface area contributed by atoms with E-state index in [0.29, 0.717) is 41.4 Å². The highest BCUT2D eigenvalue weighted by atomic mass is 16.3. The van der Waals surface area contributed by atoms with Gasteiger partial charge < -0.3 is 9.73 Å². The summed E-state index contributed by atoms with van der Waals surface area (Å²) in [4.78, 5) is 32.0. The number of hydrogen-bond donors (Lipinski definition) is 2. The number of carbonyl (C=O) groups excluding carboxylic acids is 1. The number of benzene rings is 1. The van der Waals surface area contributed by atoms with Crippen LogP contribution in [0.2, 0.25) is 0 Å². The zero-order chi connectivity index (χ0) is 21.8. The Morgan fingerprint density at radius 3 is 2.68 bits per heavy atom. The van der Waals surface area contributed by atoms with Gasteiger partial charge in [0.2, 0.25) is 11.9 Å². The van der Waals surface area contributed by atoms with Crippen LogP contribution in [-0.2, 0) is 11.2 Å². The predicted molar refractivity (Wildman–Crippen MR) is 117 cm³/mol. The molecule has 3 heterocycles. The van der Waals surface area contributed by atoms with Crippen LogP contribution < -0.4 is 10.9 Å². The molecule has 0 radical (unpaired) electrons. The third-order valence-electron chi connectivity index (χ3n) is 5.05. The molecule has 0 aliphatic carbocycles. The molecule has 0 spiro atoms. The Morgan fingerprint density at radius 1 is 1.16 bits per heavy atom. The van der Waals surface area contributed by atoms with Crippen molar-refractivity contribution in [2.75, 3.05) is 5.32 Å². The average molecular weight is 417 g/mol. The Balaban J connectivity index is 1.57. The summed E-state index contributed by atoms with van der Waals surface area (Å²) in [5.41, 5.74) is 2.59. The Hall–Kier alpha value is -3.94. The van der Waals surface area contributed by atoms with Gasteiger partial charge in [-0.25, -0.2) is 4.98 Å². The van der Waals surface area contributed by atoms with E-state index in [1.807, 2.05) is 30.3 Å². The van der Waals surface area contributed by atoms with E-state index in [1.54, 1.807) is 38.3 Å². The third-order valence-corrected chi connectivity index (χ3v) is 5.05. The summed E-state index contributed by atoms with van der Waals surface area (Å²) in [6, 6.07) is 15.3. The molecule has 0 unspecified atom stereocenters. The number of amides is 1. The zero-order valence-electron chi connectivity index (χ0n) is 17.4. The molecule has 8 nitrogen and oxygen atoms in total. The second-order valence-electron chi connectivity index (χ2n) is 7.29. The van der Waals surface area contributed by atoms with Crippen molar-refractivity contribution in [2.24, 2.45) is 0 Å². The SMILES string of the molecule is Cc1nc(-n2nc(-c3ccco3)cc2NC(=O)CCCc2ccccc2)[nH]c(=O)c1C. The van der Waals surface area contributed by atoms with E-state index in [2.05, 4.69) is 20.4 Å². The van der Waals surface area contributed by atoms with Gasteiger partial charge in [-0.2, -0.15) is 9.78 Å². The highest BCUT2D eigenvalue weighted by Crippen LogP contribution is 2.24. The summed E-state index contributed by atoms with van der Waals surface area (Å²) in [6.07, 6.45) is 3.43. The number of carbonyl (C=O) groups is 1. The van der Waals surface area contributed by atoms with Gasteiger partial charge in [0.25, 0.3) is 5.56 Å². The number of H-pyrrole nitrogens is 1. The Bertz CT molecular complexity index is 1240.